The van der Waals surface area contributed by atoms with Crippen LogP contribution in [0.5, 0.6) is 0 Å². The van der Waals surface area contributed by atoms with E-state index in [0.717, 1.165) is 33.3 Å². The topological polar surface area (TPSA) is 68.0 Å². The summed E-state index contributed by atoms with van der Waals surface area (Å²) in [5.41, 5.74) is 11.1. The maximum atomic E-state index is 13.4. The van der Waals surface area contributed by atoms with E-state index in [1.54, 1.807) is 0 Å². The molecular formula is C25H23N3O. The average molecular weight is 381 g/mol. The SMILES string of the molecule is Cc1c(-c2ccccc2)nc2ccccc2c1C(=O)N[C@@H](CN)c1ccccc1. The summed E-state index contributed by atoms with van der Waals surface area (Å²) in [4.78, 5) is 18.3. The van der Waals surface area contributed by atoms with Crippen molar-refractivity contribution in [3.63, 3.8) is 0 Å². The van der Waals surface area contributed by atoms with Crippen LogP contribution < -0.4 is 11.1 Å². The van der Waals surface area contributed by atoms with Crippen molar-refractivity contribution in [2.24, 2.45) is 5.73 Å². The quantitative estimate of drug-likeness (QED) is 0.529. The van der Waals surface area contributed by atoms with E-state index in [2.05, 4.69) is 5.32 Å². The Balaban J connectivity index is 1.82. The minimum absolute atomic E-state index is 0.141. The summed E-state index contributed by atoms with van der Waals surface area (Å²) in [6, 6.07) is 27.3. The van der Waals surface area contributed by atoms with Crippen LogP contribution in [0.1, 0.15) is 27.5 Å². The number of carbonyl (C=O) groups is 1. The highest BCUT2D eigenvalue weighted by molar-refractivity contribution is 6.09. The molecule has 0 spiro atoms. The predicted molar refractivity (Wildman–Crippen MR) is 118 cm³/mol. The van der Waals surface area contributed by atoms with Crippen molar-refractivity contribution in [1.29, 1.82) is 0 Å². The Morgan fingerprint density at radius 1 is 0.931 bits per heavy atom. The van der Waals surface area contributed by atoms with E-state index < -0.39 is 0 Å². The fourth-order valence-electron chi connectivity index (χ4n) is 3.67. The number of nitrogens with one attached hydrogen (secondary N) is 1. The van der Waals surface area contributed by atoms with Crippen LogP contribution in [0.3, 0.4) is 0 Å². The van der Waals surface area contributed by atoms with E-state index in [1.165, 1.54) is 0 Å². The number of benzene rings is 3. The van der Waals surface area contributed by atoms with E-state index >= 15 is 0 Å². The molecule has 144 valence electrons. The molecule has 0 fully saturated rings. The van der Waals surface area contributed by atoms with Gasteiger partial charge in [-0.15, -0.1) is 0 Å². The van der Waals surface area contributed by atoms with Crippen molar-refractivity contribution in [3.05, 3.63) is 102 Å². The molecule has 4 nitrogen and oxygen atoms in total. The Hall–Kier alpha value is -3.50. The highest BCUT2D eigenvalue weighted by Crippen LogP contribution is 2.30. The molecule has 0 aliphatic carbocycles. The first-order chi connectivity index (χ1) is 14.2. The number of nitrogens with two attached hydrogens (primary N) is 1. The highest BCUT2D eigenvalue weighted by Gasteiger charge is 2.21. The monoisotopic (exact) mass is 381 g/mol. The van der Waals surface area contributed by atoms with Gasteiger partial charge in [0.25, 0.3) is 5.91 Å². The zero-order chi connectivity index (χ0) is 20.2. The zero-order valence-corrected chi connectivity index (χ0v) is 16.3. The summed E-state index contributed by atoms with van der Waals surface area (Å²) in [5.74, 6) is -0.141. The number of hydrogen-bond donors (Lipinski definition) is 2. The second-order valence-electron chi connectivity index (χ2n) is 7.02. The van der Waals surface area contributed by atoms with Gasteiger partial charge in [-0.25, -0.2) is 4.98 Å². The predicted octanol–water partition coefficient (Wildman–Crippen LogP) is 4.64. The normalized spacial score (nSPS) is 11.9. The Morgan fingerprint density at radius 3 is 2.24 bits per heavy atom. The fraction of sp³-hybridized carbons (Fsp3) is 0.120. The Morgan fingerprint density at radius 2 is 1.55 bits per heavy atom. The van der Waals surface area contributed by atoms with Gasteiger partial charge < -0.3 is 11.1 Å². The highest BCUT2D eigenvalue weighted by atomic mass is 16.1. The number of para-hydroxylation sites is 1. The molecule has 0 aliphatic heterocycles. The molecule has 4 aromatic rings. The molecule has 0 unspecified atom stereocenters. The van der Waals surface area contributed by atoms with Gasteiger partial charge in [0.15, 0.2) is 0 Å². The molecule has 3 N–H and O–H groups in total. The van der Waals surface area contributed by atoms with Gasteiger partial charge in [0, 0.05) is 17.5 Å². The minimum atomic E-state index is -0.254. The minimum Gasteiger partial charge on any atom is -0.344 e. The second-order valence-corrected chi connectivity index (χ2v) is 7.02. The first-order valence-electron chi connectivity index (χ1n) is 9.69. The van der Waals surface area contributed by atoms with Crippen LogP contribution in [0.2, 0.25) is 0 Å². The van der Waals surface area contributed by atoms with E-state index in [9.17, 15) is 4.79 Å². The molecule has 1 aromatic heterocycles. The summed E-state index contributed by atoms with van der Waals surface area (Å²) in [6.07, 6.45) is 0. The number of amides is 1. The Bertz CT molecular complexity index is 1140. The number of carbonyl (C=O) groups excluding carboxylic acids is 1. The molecule has 0 aliphatic rings. The van der Waals surface area contributed by atoms with Crippen LogP contribution in [-0.2, 0) is 0 Å². The third-order valence-corrected chi connectivity index (χ3v) is 5.15. The standard InChI is InChI=1S/C25H23N3O/c1-17-23(25(29)28-22(16-26)18-10-4-2-5-11-18)20-14-8-9-15-21(20)27-24(17)19-12-6-3-7-13-19/h2-15,22H,16,26H2,1H3,(H,28,29)/t22-/m0/s1. The van der Waals surface area contributed by atoms with Crippen molar-refractivity contribution in [3.8, 4) is 11.3 Å². The molecule has 0 saturated carbocycles. The molecule has 4 rings (SSSR count). The number of aromatic nitrogens is 1. The molecule has 4 heteroatoms. The van der Waals surface area contributed by atoms with Gasteiger partial charge in [-0.1, -0.05) is 78.9 Å². The molecule has 0 bridgehead atoms. The van der Waals surface area contributed by atoms with Crippen molar-refractivity contribution in [2.45, 2.75) is 13.0 Å². The van der Waals surface area contributed by atoms with Gasteiger partial charge in [-0.05, 0) is 24.1 Å². The van der Waals surface area contributed by atoms with E-state index in [4.69, 9.17) is 10.7 Å². The summed E-state index contributed by atoms with van der Waals surface area (Å²) >= 11 is 0. The van der Waals surface area contributed by atoms with Crippen LogP contribution in [0.25, 0.3) is 22.2 Å². The number of fused-ring (bicyclic) bond motifs is 1. The van der Waals surface area contributed by atoms with Gasteiger partial charge in [0.05, 0.1) is 22.8 Å². The number of rotatable bonds is 5. The number of pyridine rings is 1. The van der Waals surface area contributed by atoms with Gasteiger partial charge in [0.1, 0.15) is 0 Å². The fourth-order valence-corrected chi connectivity index (χ4v) is 3.67. The van der Waals surface area contributed by atoms with Crippen molar-refractivity contribution in [1.82, 2.24) is 10.3 Å². The molecule has 1 heterocycles. The molecule has 0 radical (unpaired) electrons. The summed E-state index contributed by atoms with van der Waals surface area (Å²) in [7, 11) is 0. The smallest absolute Gasteiger partial charge is 0.252 e. The van der Waals surface area contributed by atoms with Gasteiger partial charge in [-0.2, -0.15) is 0 Å². The van der Waals surface area contributed by atoms with Crippen LogP contribution in [0.15, 0.2) is 84.9 Å². The van der Waals surface area contributed by atoms with Gasteiger partial charge >= 0.3 is 0 Å². The molecule has 3 aromatic carbocycles. The summed E-state index contributed by atoms with van der Waals surface area (Å²) < 4.78 is 0. The second kappa shape index (κ2) is 8.25. The molecular weight excluding hydrogens is 358 g/mol. The number of nitrogens with zero attached hydrogens (tertiary/aromatic N) is 1. The third-order valence-electron chi connectivity index (χ3n) is 5.15. The first-order valence-corrected chi connectivity index (χ1v) is 9.69. The van der Waals surface area contributed by atoms with E-state index in [0.29, 0.717) is 12.1 Å². The first kappa shape index (κ1) is 18.8. The van der Waals surface area contributed by atoms with E-state index in [1.807, 2.05) is 91.9 Å². The van der Waals surface area contributed by atoms with Crippen LogP contribution in [-0.4, -0.2) is 17.4 Å². The van der Waals surface area contributed by atoms with Crippen molar-refractivity contribution in [2.75, 3.05) is 6.54 Å². The van der Waals surface area contributed by atoms with E-state index in [-0.39, 0.29) is 11.9 Å². The van der Waals surface area contributed by atoms with Crippen LogP contribution in [0.4, 0.5) is 0 Å². The summed E-state index contributed by atoms with van der Waals surface area (Å²) in [5, 5.41) is 3.96. The maximum Gasteiger partial charge on any atom is 0.252 e. The molecule has 0 saturated heterocycles. The van der Waals surface area contributed by atoms with Crippen molar-refractivity contribution >= 4 is 16.8 Å². The molecule has 1 atom stereocenters. The third kappa shape index (κ3) is 3.75. The van der Waals surface area contributed by atoms with Crippen LogP contribution >= 0.6 is 0 Å². The maximum absolute atomic E-state index is 13.4. The zero-order valence-electron chi connectivity index (χ0n) is 16.3. The van der Waals surface area contributed by atoms with Gasteiger partial charge in [-0.3, -0.25) is 4.79 Å². The average Bonchev–Trinajstić information content (AvgIpc) is 2.78. The summed E-state index contributed by atoms with van der Waals surface area (Å²) in [6.45, 7) is 2.28. The Kier molecular flexibility index (Phi) is 5.36. The lowest BCUT2D eigenvalue weighted by Crippen LogP contribution is -2.34. The van der Waals surface area contributed by atoms with Crippen LogP contribution in [0, 0.1) is 6.92 Å². The van der Waals surface area contributed by atoms with Crippen molar-refractivity contribution < 1.29 is 4.79 Å². The lowest BCUT2D eigenvalue weighted by Gasteiger charge is -2.20. The molecule has 29 heavy (non-hydrogen) atoms. The largest absolute Gasteiger partial charge is 0.344 e. The molecule has 1 amide bonds. The Labute approximate surface area is 170 Å². The lowest BCUT2D eigenvalue weighted by atomic mass is 9.96. The lowest BCUT2D eigenvalue weighted by molar-refractivity contribution is 0.0939. The number of hydrogen-bond acceptors (Lipinski definition) is 3. The van der Waals surface area contributed by atoms with Gasteiger partial charge in [0.2, 0.25) is 0 Å².